The molecule has 3 fully saturated rings. The van der Waals surface area contributed by atoms with Crippen LogP contribution in [0.15, 0.2) is 23.8 Å². The van der Waals surface area contributed by atoms with E-state index in [0.29, 0.717) is 19.3 Å². The molecule has 0 saturated heterocycles. The van der Waals surface area contributed by atoms with Crippen LogP contribution in [0, 0.1) is 28.6 Å². The Morgan fingerprint density at radius 1 is 1.23 bits per heavy atom. The number of hydrogen-bond donors (Lipinski definition) is 1. The molecule has 0 radical (unpaired) electrons. The summed E-state index contributed by atoms with van der Waals surface area (Å²) in [6, 6.07) is 0. The van der Waals surface area contributed by atoms with E-state index in [2.05, 4.69) is 0 Å². The molecule has 6 heteroatoms. The standard InChI is InChI=1S/C24H31FO5/c1-13-10-19-17-7-9-23(14(2)26,30-15(3)27)22(17,5)12-20(29)24(19,25)21(4)8-6-16(28)11-18(13)21/h6,8,11,13,17,19-20,29H,7,9-10,12H2,1-5H3/t13-,17-,19+,20-,21+,22-,23-,24+/m0/s1. The largest absolute Gasteiger partial charge is 0.451 e. The van der Waals surface area contributed by atoms with Crippen molar-refractivity contribution < 1.29 is 28.6 Å². The van der Waals surface area contributed by atoms with Crippen molar-refractivity contribution in [1.82, 2.24) is 0 Å². The molecule has 1 N–H and O–H groups in total. The molecule has 8 atom stereocenters. The Balaban J connectivity index is 1.86. The van der Waals surface area contributed by atoms with Gasteiger partial charge in [-0.2, -0.15) is 0 Å². The summed E-state index contributed by atoms with van der Waals surface area (Å²) in [6.45, 7) is 8.34. The number of aliphatic hydroxyl groups excluding tert-OH is 1. The maximum Gasteiger partial charge on any atom is 0.303 e. The normalized spacial score (nSPS) is 49.6. The Morgan fingerprint density at radius 3 is 2.50 bits per heavy atom. The van der Waals surface area contributed by atoms with Gasteiger partial charge in [0.1, 0.15) is 0 Å². The predicted octanol–water partition coefficient (Wildman–Crippen LogP) is 3.49. The number of ether oxygens (including phenoxy) is 1. The van der Waals surface area contributed by atoms with Gasteiger partial charge in [0.15, 0.2) is 22.8 Å². The van der Waals surface area contributed by atoms with Gasteiger partial charge in [0.05, 0.1) is 6.10 Å². The van der Waals surface area contributed by atoms with Gasteiger partial charge in [0.25, 0.3) is 0 Å². The van der Waals surface area contributed by atoms with Gasteiger partial charge in [-0.1, -0.05) is 25.5 Å². The van der Waals surface area contributed by atoms with Crippen molar-refractivity contribution in [2.45, 2.75) is 77.7 Å². The number of carbonyl (C=O) groups excluding carboxylic acids is 3. The number of carbonyl (C=O) groups is 3. The number of alkyl halides is 1. The van der Waals surface area contributed by atoms with Gasteiger partial charge in [-0.15, -0.1) is 0 Å². The van der Waals surface area contributed by atoms with Crippen LogP contribution in [0.1, 0.15) is 60.3 Å². The monoisotopic (exact) mass is 418 g/mol. The molecule has 0 aliphatic heterocycles. The fourth-order valence-electron chi connectivity index (χ4n) is 7.65. The third kappa shape index (κ3) is 2.34. The first-order chi connectivity index (χ1) is 13.8. The molecule has 5 nitrogen and oxygen atoms in total. The van der Waals surface area contributed by atoms with Gasteiger partial charge < -0.3 is 9.84 Å². The summed E-state index contributed by atoms with van der Waals surface area (Å²) < 4.78 is 22.8. The van der Waals surface area contributed by atoms with E-state index in [1.54, 1.807) is 13.0 Å². The maximum atomic E-state index is 17.1. The molecular formula is C24H31FO5. The second-order valence-electron chi connectivity index (χ2n) is 10.3. The number of rotatable bonds is 2. The van der Waals surface area contributed by atoms with E-state index in [4.69, 9.17) is 4.74 Å². The quantitative estimate of drug-likeness (QED) is 0.695. The lowest BCUT2D eigenvalue weighted by molar-refractivity contribution is -0.226. The Kier molecular flexibility index (Phi) is 4.53. The highest BCUT2D eigenvalue weighted by atomic mass is 19.1. The molecule has 4 aliphatic rings. The van der Waals surface area contributed by atoms with Crippen LogP contribution in [-0.4, -0.2) is 40.0 Å². The lowest BCUT2D eigenvalue weighted by atomic mass is 9.43. The van der Waals surface area contributed by atoms with Crippen molar-refractivity contribution in [1.29, 1.82) is 0 Å². The average molecular weight is 419 g/mol. The van der Waals surface area contributed by atoms with Gasteiger partial charge in [-0.3, -0.25) is 14.4 Å². The van der Waals surface area contributed by atoms with Crippen LogP contribution in [0.5, 0.6) is 0 Å². The molecule has 0 heterocycles. The topological polar surface area (TPSA) is 80.7 Å². The number of ketones is 2. The van der Waals surface area contributed by atoms with Crippen LogP contribution in [0.2, 0.25) is 0 Å². The Bertz CT molecular complexity index is 892. The zero-order valence-electron chi connectivity index (χ0n) is 18.3. The van der Waals surface area contributed by atoms with Crippen molar-refractivity contribution in [2.24, 2.45) is 28.6 Å². The third-order valence-corrected chi connectivity index (χ3v) is 8.98. The minimum atomic E-state index is -1.96. The fraction of sp³-hybridized carbons (Fsp3) is 0.708. The lowest BCUT2D eigenvalue weighted by Gasteiger charge is -2.63. The number of fused-ring (bicyclic) bond motifs is 5. The van der Waals surface area contributed by atoms with Gasteiger partial charge >= 0.3 is 5.97 Å². The van der Waals surface area contributed by atoms with Gasteiger partial charge in [0, 0.05) is 23.7 Å². The van der Waals surface area contributed by atoms with Crippen molar-refractivity contribution in [2.75, 3.05) is 0 Å². The fourth-order valence-corrected chi connectivity index (χ4v) is 7.65. The summed E-state index contributed by atoms with van der Waals surface area (Å²) >= 11 is 0. The van der Waals surface area contributed by atoms with E-state index < -0.39 is 40.1 Å². The first kappa shape index (κ1) is 21.4. The molecule has 0 aromatic carbocycles. The number of allylic oxidation sites excluding steroid dienone is 4. The molecule has 0 aromatic rings. The van der Waals surface area contributed by atoms with Crippen LogP contribution in [-0.2, 0) is 19.1 Å². The maximum absolute atomic E-state index is 17.1. The van der Waals surface area contributed by atoms with E-state index in [0.717, 1.165) is 5.57 Å². The summed E-state index contributed by atoms with van der Waals surface area (Å²) in [4.78, 5) is 36.7. The Morgan fingerprint density at radius 2 is 1.90 bits per heavy atom. The van der Waals surface area contributed by atoms with Gasteiger partial charge in [-0.05, 0) is 63.5 Å². The van der Waals surface area contributed by atoms with E-state index in [1.165, 1.54) is 26.0 Å². The van der Waals surface area contributed by atoms with Crippen molar-refractivity contribution in [3.63, 3.8) is 0 Å². The zero-order chi connectivity index (χ0) is 22.3. The van der Waals surface area contributed by atoms with E-state index in [-0.39, 0.29) is 29.8 Å². The number of hydrogen-bond acceptors (Lipinski definition) is 5. The molecule has 0 amide bonds. The smallest absolute Gasteiger partial charge is 0.303 e. The molecule has 0 unspecified atom stereocenters. The summed E-state index contributed by atoms with van der Waals surface area (Å²) in [5, 5.41) is 11.3. The lowest BCUT2D eigenvalue weighted by Crippen LogP contribution is -2.70. The first-order valence-corrected chi connectivity index (χ1v) is 10.9. The number of Topliss-reactive ketones (excluding diaryl/α,β-unsaturated/α-hetero) is 1. The second-order valence-corrected chi connectivity index (χ2v) is 10.3. The zero-order valence-corrected chi connectivity index (χ0v) is 18.3. The highest BCUT2D eigenvalue weighted by Gasteiger charge is 2.75. The van der Waals surface area contributed by atoms with Crippen LogP contribution < -0.4 is 0 Å². The average Bonchev–Trinajstić information content (AvgIpc) is 2.92. The predicted molar refractivity (Wildman–Crippen MR) is 108 cm³/mol. The van der Waals surface area contributed by atoms with Crippen molar-refractivity contribution in [3.8, 4) is 0 Å². The molecule has 0 aromatic heterocycles. The minimum absolute atomic E-state index is 0.0244. The number of halogens is 1. The van der Waals surface area contributed by atoms with E-state index in [1.807, 2.05) is 13.8 Å². The molecule has 4 aliphatic carbocycles. The second kappa shape index (κ2) is 6.35. The molecule has 3 saturated carbocycles. The summed E-state index contributed by atoms with van der Waals surface area (Å²) in [5.74, 6) is -1.72. The SMILES string of the molecule is CC(=O)O[C@]1(C(C)=O)CC[C@H]2[C@H]3C[C@H](C)C4=CC(=O)C=C[C@@]4(C)[C@]3(F)[C@@H](O)C[C@@]21C. The third-order valence-electron chi connectivity index (χ3n) is 8.98. The molecule has 0 bridgehead atoms. The van der Waals surface area contributed by atoms with Gasteiger partial charge in [0.2, 0.25) is 0 Å². The Hall–Kier alpha value is -1.82. The molecule has 0 spiro atoms. The van der Waals surface area contributed by atoms with E-state index in [9.17, 15) is 19.5 Å². The number of aliphatic hydroxyl groups is 1. The molecule has 164 valence electrons. The highest BCUT2D eigenvalue weighted by Crippen LogP contribution is 2.71. The summed E-state index contributed by atoms with van der Waals surface area (Å²) in [6.07, 6.45) is 4.58. The molecule has 30 heavy (non-hydrogen) atoms. The number of esters is 1. The van der Waals surface area contributed by atoms with Crippen LogP contribution in [0.25, 0.3) is 0 Å². The van der Waals surface area contributed by atoms with Gasteiger partial charge in [-0.25, -0.2) is 4.39 Å². The Labute approximate surface area is 176 Å². The van der Waals surface area contributed by atoms with Crippen LogP contribution >= 0.6 is 0 Å². The van der Waals surface area contributed by atoms with Crippen LogP contribution in [0.3, 0.4) is 0 Å². The highest BCUT2D eigenvalue weighted by molar-refractivity contribution is 6.01. The minimum Gasteiger partial charge on any atom is -0.451 e. The molecule has 4 rings (SSSR count). The molecular weight excluding hydrogens is 387 g/mol. The van der Waals surface area contributed by atoms with Crippen molar-refractivity contribution >= 4 is 17.5 Å². The van der Waals surface area contributed by atoms with Crippen LogP contribution in [0.4, 0.5) is 4.39 Å². The van der Waals surface area contributed by atoms with Crippen molar-refractivity contribution in [3.05, 3.63) is 23.8 Å². The first-order valence-electron chi connectivity index (χ1n) is 10.9. The summed E-state index contributed by atoms with van der Waals surface area (Å²) in [5.41, 5.74) is -4.52. The summed E-state index contributed by atoms with van der Waals surface area (Å²) in [7, 11) is 0. The van der Waals surface area contributed by atoms with E-state index >= 15 is 4.39 Å².